The van der Waals surface area contributed by atoms with Crippen molar-refractivity contribution in [3.8, 4) is 11.5 Å². The van der Waals surface area contributed by atoms with E-state index in [1.54, 1.807) is 36.1 Å². The molecule has 0 N–H and O–H groups in total. The van der Waals surface area contributed by atoms with Gasteiger partial charge < -0.3 is 9.32 Å². The number of aromatic nitrogens is 1. The van der Waals surface area contributed by atoms with Gasteiger partial charge in [0, 0.05) is 36.8 Å². The Morgan fingerprint density at radius 1 is 1.03 bits per heavy atom. The van der Waals surface area contributed by atoms with Gasteiger partial charge in [0.15, 0.2) is 5.69 Å². The van der Waals surface area contributed by atoms with Crippen molar-refractivity contribution in [3.05, 3.63) is 70.8 Å². The van der Waals surface area contributed by atoms with Crippen molar-refractivity contribution < 1.29 is 22.0 Å². The Kier molecular flexibility index (Phi) is 6.32. The van der Waals surface area contributed by atoms with Crippen molar-refractivity contribution in [2.24, 2.45) is 0 Å². The fraction of sp³-hybridized carbons (Fsp3) is 0.273. The number of halogens is 2. The Balaban J connectivity index is 1.49. The number of benzene rings is 2. The largest absolute Gasteiger partial charge is 0.441 e. The summed E-state index contributed by atoms with van der Waals surface area (Å²) >= 11 is 5.92. The molecule has 0 atom stereocenters. The van der Waals surface area contributed by atoms with Gasteiger partial charge in [-0.25, -0.2) is 17.8 Å². The Morgan fingerprint density at radius 2 is 1.72 bits per heavy atom. The summed E-state index contributed by atoms with van der Waals surface area (Å²) in [6.07, 6.45) is 0.465. The molecule has 168 valence electrons. The van der Waals surface area contributed by atoms with Crippen LogP contribution in [0.3, 0.4) is 0 Å². The zero-order valence-corrected chi connectivity index (χ0v) is 18.9. The minimum atomic E-state index is -3.78. The molecule has 1 aromatic heterocycles. The molecule has 2 aromatic carbocycles. The van der Waals surface area contributed by atoms with Crippen molar-refractivity contribution in [1.82, 2.24) is 14.2 Å². The van der Waals surface area contributed by atoms with E-state index in [1.807, 2.05) is 0 Å². The van der Waals surface area contributed by atoms with E-state index < -0.39 is 15.8 Å². The van der Waals surface area contributed by atoms with Gasteiger partial charge in [-0.1, -0.05) is 11.6 Å². The van der Waals surface area contributed by atoms with Gasteiger partial charge in [0.1, 0.15) is 11.6 Å². The third-order valence-corrected chi connectivity index (χ3v) is 7.45. The van der Waals surface area contributed by atoms with Crippen LogP contribution in [0.5, 0.6) is 0 Å². The van der Waals surface area contributed by atoms with E-state index in [1.165, 1.54) is 16.4 Å². The van der Waals surface area contributed by atoms with Crippen LogP contribution in [-0.2, 0) is 10.0 Å². The summed E-state index contributed by atoms with van der Waals surface area (Å²) in [6.45, 7) is 2.66. The Hall–Kier alpha value is -2.75. The standard InChI is InChI=1S/C22H21ClFN3O4S/c1-15-20(25-21(31-15)16-3-5-17(23)6-4-16)22(28)26-11-2-12-27(14-13-26)32(29,30)19-9-7-18(24)8-10-19/h3-10H,2,11-14H2,1H3. The molecule has 0 aliphatic carbocycles. The molecule has 0 spiro atoms. The second-order valence-electron chi connectivity index (χ2n) is 7.43. The van der Waals surface area contributed by atoms with E-state index in [-0.39, 0.29) is 36.1 Å². The van der Waals surface area contributed by atoms with E-state index in [2.05, 4.69) is 4.98 Å². The number of amides is 1. The van der Waals surface area contributed by atoms with E-state index in [9.17, 15) is 17.6 Å². The van der Waals surface area contributed by atoms with Gasteiger partial charge in [0.05, 0.1) is 4.90 Å². The quantitative estimate of drug-likeness (QED) is 0.567. The molecule has 0 unspecified atom stereocenters. The van der Waals surface area contributed by atoms with Crippen LogP contribution in [0.25, 0.3) is 11.5 Å². The first-order chi connectivity index (χ1) is 15.3. The summed E-state index contributed by atoms with van der Waals surface area (Å²) in [5.74, 6) is -0.108. The number of hydrogen-bond acceptors (Lipinski definition) is 5. The van der Waals surface area contributed by atoms with Crippen LogP contribution in [0, 0.1) is 12.7 Å². The number of sulfonamides is 1. The first-order valence-electron chi connectivity index (χ1n) is 10.0. The zero-order chi connectivity index (χ0) is 22.9. The van der Waals surface area contributed by atoms with Crippen molar-refractivity contribution in [3.63, 3.8) is 0 Å². The minimum Gasteiger partial charge on any atom is -0.441 e. The molecule has 4 rings (SSSR count). The lowest BCUT2D eigenvalue weighted by Crippen LogP contribution is -2.37. The fourth-order valence-electron chi connectivity index (χ4n) is 3.55. The molecule has 1 amide bonds. The fourth-order valence-corrected chi connectivity index (χ4v) is 5.15. The van der Waals surface area contributed by atoms with Gasteiger partial charge in [-0.3, -0.25) is 4.79 Å². The summed E-state index contributed by atoms with van der Waals surface area (Å²) < 4.78 is 46.0. The van der Waals surface area contributed by atoms with Crippen LogP contribution < -0.4 is 0 Å². The zero-order valence-electron chi connectivity index (χ0n) is 17.3. The van der Waals surface area contributed by atoms with Gasteiger partial charge >= 0.3 is 0 Å². The molecule has 0 bridgehead atoms. The summed E-state index contributed by atoms with van der Waals surface area (Å²) in [7, 11) is -3.78. The van der Waals surface area contributed by atoms with E-state index >= 15 is 0 Å². The summed E-state index contributed by atoms with van der Waals surface area (Å²) in [5.41, 5.74) is 0.897. The number of nitrogens with zero attached hydrogens (tertiary/aromatic N) is 3. The second kappa shape index (κ2) is 9.01. The SMILES string of the molecule is Cc1oc(-c2ccc(Cl)cc2)nc1C(=O)N1CCCN(S(=O)(=O)c2ccc(F)cc2)CC1. The van der Waals surface area contributed by atoms with E-state index in [0.717, 1.165) is 12.1 Å². The normalized spacial score (nSPS) is 15.5. The first-order valence-corrected chi connectivity index (χ1v) is 11.9. The van der Waals surface area contributed by atoms with Crippen LogP contribution in [0.4, 0.5) is 4.39 Å². The van der Waals surface area contributed by atoms with Gasteiger partial charge in [-0.05, 0) is 61.9 Å². The van der Waals surface area contributed by atoms with Crippen LogP contribution in [0.1, 0.15) is 22.7 Å². The smallest absolute Gasteiger partial charge is 0.276 e. The van der Waals surface area contributed by atoms with Crippen molar-refractivity contribution >= 4 is 27.5 Å². The van der Waals surface area contributed by atoms with Gasteiger partial charge in [0.25, 0.3) is 5.91 Å². The molecule has 1 aliphatic heterocycles. The first kappa shape index (κ1) is 22.4. The molecule has 32 heavy (non-hydrogen) atoms. The molecule has 1 fully saturated rings. The number of hydrogen-bond donors (Lipinski definition) is 0. The summed E-state index contributed by atoms with van der Waals surface area (Å²) in [5, 5.41) is 0.582. The lowest BCUT2D eigenvalue weighted by atomic mass is 10.2. The van der Waals surface area contributed by atoms with Crippen molar-refractivity contribution in [1.29, 1.82) is 0 Å². The Labute approximate surface area is 190 Å². The Bertz CT molecular complexity index is 1230. The highest BCUT2D eigenvalue weighted by atomic mass is 35.5. The van der Waals surface area contributed by atoms with Gasteiger partial charge in [-0.2, -0.15) is 4.31 Å². The van der Waals surface area contributed by atoms with Crippen LogP contribution >= 0.6 is 11.6 Å². The highest BCUT2D eigenvalue weighted by Gasteiger charge is 2.30. The maximum Gasteiger partial charge on any atom is 0.276 e. The van der Waals surface area contributed by atoms with Crippen LogP contribution in [0.15, 0.2) is 57.8 Å². The van der Waals surface area contributed by atoms with E-state index in [4.69, 9.17) is 16.0 Å². The monoisotopic (exact) mass is 477 g/mol. The number of aryl methyl sites for hydroxylation is 1. The van der Waals surface area contributed by atoms with Crippen molar-refractivity contribution in [2.75, 3.05) is 26.2 Å². The number of rotatable bonds is 4. The third kappa shape index (κ3) is 4.55. The lowest BCUT2D eigenvalue weighted by Gasteiger charge is -2.21. The maximum absolute atomic E-state index is 13.2. The molecular weight excluding hydrogens is 457 g/mol. The number of carbonyl (C=O) groups excluding carboxylic acids is 1. The van der Waals surface area contributed by atoms with Crippen molar-refractivity contribution in [2.45, 2.75) is 18.2 Å². The highest BCUT2D eigenvalue weighted by molar-refractivity contribution is 7.89. The van der Waals surface area contributed by atoms with Gasteiger partial charge in [-0.15, -0.1) is 0 Å². The van der Waals surface area contributed by atoms with Gasteiger partial charge in [0.2, 0.25) is 15.9 Å². The number of oxazole rings is 1. The molecule has 10 heteroatoms. The predicted octanol–water partition coefficient (Wildman–Crippen LogP) is 3.98. The minimum absolute atomic E-state index is 0.0265. The average Bonchev–Trinajstić information content (AvgIpc) is 2.99. The predicted molar refractivity (Wildman–Crippen MR) is 117 cm³/mol. The summed E-state index contributed by atoms with van der Waals surface area (Å²) in [6, 6.07) is 11.7. The molecule has 1 aliphatic rings. The lowest BCUT2D eigenvalue weighted by molar-refractivity contribution is 0.0757. The van der Waals surface area contributed by atoms with Crippen LogP contribution in [-0.4, -0.2) is 54.7 Å². The third-order valence-electron chi connectivity index (χ3n) is 5.28. The Morgan fingerprint density at radius 3 is 2.41 bits per heavy atom. The van der Waals surface area contributed by atoms with E-state index in [0.29, 0.717) is 35.2 Å². The number of carbonyl (C=O) groups is 1. The summed E-state index contributed by atoms with van der Waals surface area (Å²) in [4.78, 5) is 19.1. The molecule has 0 saturated carbocycles. The maximum atomic E-state index is 13.2. The molecule has 0 radical (unpaired) electrons. The topological polar surface area (TPSA) is 83.7 Å². The molecular formula is C22H21ClFN3O4S. The molecule has 7 nitrogen and oxygen atoms in total. The van der Waals surface area contributed by atoms with Crippen LogP contribution in [0.2, 0.25) is 5.02 Å². The average molecular weight is 478 g/mol. The second-order valence-corrected chi connectivity index (χ2v) is 9.81. The highest BCUT2D eigenvalue weighted by Crippen LogP contribution is 2.25. The molecule has 1 saturated heterocycles. The molecule has 2 heterocycles. The molecule has 3 aromatic rings.